The fraction of sp³-hybridized carbons (Fsp3) is 0.625. The molecule has 0 saturated carbocycles. The van der Waals surface area contributed by atoms with Crippen LogP contribution in [0.4, 0.5) is 4.39 Å². The predicted octanol–water partition coefficient (Wildman–Crippen LogP) is 2.88. The van der Waals surface area contributed by atoms with Gasteiger partial charge in [0.2, 0.25) is 0 Å². The summed E-state index contributed by atoms with van der Waals surface area (Å²) in [5, 5.41) is 10.7. The van der Waals surface area contributed by atoms with Gasteiger partial charge in [-0.15, -0.1) is 0 Å². The summed E-state index contributed by atoms with van der Waals surface area (Å²) >= 11 is 0. The largest absolute Gasteiger partial charge is 0.485 e. The molecule has 1 aromatic rings. The van der Waals surface area contributed by atoms with E-state index >= 15 is 0 Å². The van der Waals surface area contributed by atoms with E-state index in [1.807, 2.05) is 13.8 Å². The monoisotopic (exact) mass is 279 g/mol. The molecule has 0 aromatic heterocycles. The van der Waals surface area contributed by atoms with Crippen molar-refractivity contribution in [2.75, 3.05) is 13.1 Å². The number of hydrogen-bond acceptors (Lipinski definition) is 3. The molecule has 3 rings (SSSR count). The number of aliphatic hydroxyl groups excluding tert-OH is 1. The lowest BCUT2D eigenvalue weighted by Gasteiger charge is -2.47. The van der Waals surface area contributed by atoms with E-state index in [-0.39, 0.29) is 11.9 Å². The zero-order chi connectivity index (χ0) is 14.3. The van der Waals surface area contributed by atoms with E-state index in [2.05, 4.69) is 4.90 Å². The first-order valence-corrected chi connectivity index (χ1v) is 7.39. The molecule has 1 N–H and O–H groups in total. The van der Waals surface area contributed by atoms with Crippen LogP contribution in [0, 0.1) is 5.82 Å². The average molecular weight is 279 g/mol. The second-order valence-electron chi connectivity index (χ2n) is 6.37. The van der Waals surface area contributed by atoms with Crippen LogP contribution in [0.2, 0.25) is 0 Å². The van der Waals surface area contributed by atoms with Gasteiger partial charge in [-0.3, -0.25) is 4.90 Å². The van der Waals surface area contributed by atoms with Gasteiger partial charge < -0.3 is 9.84 Å². The fourth-order valence-electron chi connectivity index (χ4n) is 3.33. The van der Waals surface area contributed by atoms with Gasteiger partial charge in [0, 0.05) is 5.56 Å². The standard InChI is InChI=1S/C16H22FNO2/c1-16(2)15(19)14(18-8-4-3-5-9-18)12-10-11(17)6-7-13(12)20-16/h6-7,10,14-15,19H,3-5,8-9H2,1-2H3/t14-,15+/m1/s1. The quantitative estimate of drug-likeness (QED) is 0.858. The van der Waals surface area contributed by atoms with E-state index in [4.69, 9.17) is 4.74 Å². The Kier molecular flexibility index (Phi) is 3.46. The van der Waals surface area contributed by atoms with Gasteiger partial charge in [0.15, 0.2) is 0 Å². The Bertz CT molecular complexity index is 497. The lowest BCUT2D eigenvalue weighted by Crippen LogP contribution is -2.54. The molecule has 3 nitrogen and oxygen atoms in total. The summed E-state index contributed by atoms with van der Waals surface area (Å²) in [6.07, 6.45) is 2.84. The molecule has 1 aromatic carbocycles. The van der Waals surface area contributed by atoms with Crippen LogP contribution >= 0.6 is 0 Å². The van der Waals surface area contributed by atoms with Gasteiger partial charge in [0.25, 0.3) is 0 Å². The molecule has 2 atom stereocenters. The maximum atomic E-state index is 13.6. The first-order chi connectivity index (χ1) is 9.49. The topological polar surface area (TPSA) is 32.7 Å². The number of aliphatic hydroxyl groups is 1. The van der Waals surface area contributed by atoms with Gasteiger partial charge >= 0.3 is 0 Å². The maximum absolute atomic E-state index is 13.6. The van der Waals surface area contributed by atoms with Crippen molar-refractivity contribution in [3.05, 3.63) is 29.6 Å². The molecule has 2 aliphatic rings. The Hall–Kier alpha value is -1.13. The van der Waals surface area contributed by atoms with Gasteiger partial charge in [-0.05, 0) is 58.0 Å². The maximum Gasteiger partial charge on any atom is 0.131 e. The SMILES string of the molecule is CC1(C)Oc2ccc(F)cc2[C@@H](N2CCCCC2)[C@@H]1O. The second kappa shape index (κ2) is 5.01. The molecule has 1 saturated heterocycles. The summed E-state index contributed by atoms with van der Waals surface area (Å²) in [5.41, 5.74) is 0.117. The van der Waals surface area contributed by atoms with Crippen LogP contribution in [-0.4, -0.2) is 34.8 Å². The molecule has 4 heteroatoms. The lowest BCUT2D eigenvalue weighted by molar-refractivity contribution is -0.0962. The van der Waals surface area contributed by atoms with E-state index in [9.17, 15) is 9.50 Å². The number of ether oxygens (including phenoxy) is 1. The van der Waals surface area contributed by atoms with Crippen LogP contribution < -0.4 is 4.74 Å². The Morgan fingerprint density at radius 2 is 1.95 bits per heavy atom. The summed E-state index contributed by atoms with van der Waals surface area (Å²) in [6, 6.07) is 4.42. The highest BCUT2D eigenvalue weighted by atomic mass is 19.1. The highest BCUT2D eigenvalue weighted by molar-refractivity contribution is 5.40. The molecule has 0 radical (unpaired) electrons. The first-order valence-electron chi connectivity index (χ1n) is 7.39. The molecule has 0 aliphatic carbocycles. The summed E-state index contributed by atoms with van der Waals surface area (Å²) in [4.78, 5) is 2.27. The summed E-state index contributed by atoms with van der Waals surface area (Å²) < 4.78 is 19.5. The van der Waals surface area contributed by atoms with E-state index < -0.39 is 11.7 Å². The number of likely N-dealkylation sites (tertiary alicyclic amines) is 1. The first kappa shape index (κ1) is 13.8. The van der Waals surface area contributed by atoms with Crippen LogP contribution in [0.25, 0.3) is 0 Å². The summed E-state index contributed by atoms with van der Waals surface area (Å²) in [5.74, 6) is 0.415. The van der Waals surface area contributed by atoms with Crippen molar-refractivity contribution >= 4 is 0 Å². The van der Waals surface area contributed by atoms with Crippen LogP contribution in [0.15, 0.2) is 18.2 Å². The average Bonchev–Trinajstić information content (AvgIpc) is 2.42. The van der Waals surface area contributed by atoms with Crippen LogP contribution in [0.1, 0.15) is 44.7 Å². The van der Waals surface area contributed by atoms with E-state index in [1.165, 1.54) is 18.6 Å². The van der Waals surface area contributed by atoms with Gasteiger partial charge in [0.1, 0.15) is 23.3 Å². The molecule has 2 aliphatic heterocycles. The molecule has 0 bridgehead atoms. The van der Waals surface area contributed by atoms with Crippen molar-refractivity contribution in [3.63, 3.8) is 0 Å². The van der Waals surface area contributed by atoms with Crippen molar-refractivity contribution in [2.24, 2.45) is 0 Å². The highest BCUT2D eigenvalue weighted by Gasteiger charge is 2.45. The molecule has 0 amide bonds. The zero-order valence-electron chi connectivity index (χ0n) is 12.1. The van der Waals surface area contributed by atoms with Gasteiger partial charge in [-0.1, -0.05) is 6.42 Å². The number of rotatable bonds is 1. The predicted molar refractivity (Wildman–Crippen MR) is 75.3 cm³/mol. The number of hydrogen-bond donors (Lipinski definition) is 1. The number of benzene rings is 1. The highest BCUT2D eigenvalue weighted by Crippen LogP contribution is 2.43. The second-order valence-corrected chi connectivity index (χ2v) is 6.37. The molecule has 20 heavy (non-hydrogen) atoms. The molecule has 2 heterocycles. The number of piperidine rings is 1. The normalized spacial score (nSPS) is 29.6. The van der Waals surface area contributed by atoms with Crippen molar-refractivity contribution in [1.29, 1.82) is 0 Å². The van der Waals surface area contributed by atoms with Crippen LogP contribution in [0.3, 0.4) is 0 Å². The lowest BCUT2D eigenvalue weighted by atomic mass is 9.84. The summed E-state index contributed by atoms with van der Waals surface area (Å²) in [6.45, 7) is 5.68. The Morgan fingerprint density at radius 1 is 1.25 bits per heavy atom. The van der Waals surface area contributed by atoms with Crippen molar-refractivity contribution in [3.8, 4) is 5.75 Å². The van der Waals surface area contributed by atoms with Gasteiger partial charge in [-0.2, -0.15) is 0 Å². The third-order valence-electron chi connectivity index (χ3n) is 4.46. The zero-order valence-corrected chi connectivity index (χ0v) is 12.1. The van der Waals surface area contributed by atoms with E-state index in [1.54, 1.807) is 6.07 Å². The Labute approximate surface area is 119 Å². The molecule has 0 spiro atoms. The van der Waals surface area contributed by atoms with Crippen molar-refractivity contribution in [2.45, 2.75) is 50.9 Å². The molecular formula is C16H22FNO2. The molecule has 110 valence electrons. The Morgan fingerprint density at radius 3 is 2.65 bits per heavy atom. The van der Waals surface area contributed by atoms with E-state index in [0.717, 1.165) is 31.5 Å². The van der Waals surface area contributed by atoms with Gasteiger partial charge in [0.05, 0.1) is 6.04 Å². The minimum atomic E-state index is -0.660. The molecule has 0 unspecified atom stereocenters. The van der Waals surface area contributed by atoms with Crippen molar-refractivity contribution < 1.29 is 14.2 Å². The molecule has 1 fully saturated rings. The minimum absolute atomic E-state index is 0.176. The third-order valence-corrected chi connectivity index (χ3v) is 4.46. The number of fused-ring (bicyclic) bond motifs is 1. The number of nitrogens with zero attached hydrogens (tertiary/aromatic N) is 1. The van der Waals surface area contributed by atoms with Gasteiger partial charge in [-0.25, -0.2) is 4.39 Å². The Balaban J connectivity index is 2.03. The summed E-state index contributed by atoms with van der Waals surface area (Å²) in [7, 11) is 0. The van der Waals surface area contributed by atoms with Crippen LogP contribution in [0.5, 0.6) is 5.75 Å². The van der Waals surface area contributed by atoms with Crippen molar-refractivity contribution in [1.82, 2.24) is 4.90 Å². The minimum Gasteiger partial charge on any atom is -0.485 e. The number of halogens is 1. The third kappa shape index (κ3) is 2.31. The smallest absolute Gasteiger partial charge is 0.131 e. The molecular weight excluding hydrogens is 257 g/mol. The fourth-order valence-corrected chi connectivity index (χ4v) is 3.33. The van der Waals surface area contributed by atoms with E-state index in [0.29, 0.717) is 5.75 Å². The van der Waals surface area contributed by atoms with Crippen LogP contribution in [-0.2, 0) is 0 Å².